The number of nitrogens with zero attached hydrogens (tertiary/aromatic N) is 1. The summed E-state index contributed by atoms with van der Waals surface area (Å²) in [6.45, 7) is 7.35. The van der Waals surface area contributed by atoms with Crippen molar-refractivity contribution >= 4 is 11.3 Å². The maximum Gasteiger partial charge on any atom is 0.118 e. The highest BCUT2D eigenvalue weighted by Crippen LogP contribution is 2.29. The zero-order valence-corrected chi connectivity index (χ0v) is 13.4. The Hall–Kier alpha value is -1.39. The van der Waals surface area contributed by atoms with Gasteiger partial charge in [-0.1, -0.05) is 19.1 Å². The Labute approximate surface area is 125 Å². The molecule has 0 aliphatic carbocycles. The highest BCUT2D eigenvalue weighted by molar-refractivity contribution is 7.11. The molecule has 0 saturated heterocycles. The fourth-order valence-electron chi connectivity index (χ4n) is 2.05. The van der Waals surface area contributed by atoms with E-state index in [1.54, 1.807) is 18.4 Å². The summed E-state index contributed by atoms with van der Waals surface area (Å²) in [4.78, 5) is 6.00. The first-order valence-corrected chi connectivity index (χ1v) is 7.78. The van der Waals surface area contributed by atoms with Gasteiger partial charge in [-0.15, -0.1) is 11.3 Å². The van der Waals surface area contributed by atoms with Gasteiger partial charge in [0.1, 0.15) is 10.8 Å². The van der Waals surface area contributed by atoms with Crippen LogP contribution in [0.25, 0.3) is 0 Å². The van der Waals surface area contributed by atoms with Crippen LogP contribution < -0.4 is 10.1 Å². The zero-order valence-electron chi connectivity index (χ0n) is 12.6. The van der Waals surface area contributed by atoms with Gasteiger partial charge < -0.3 is 10.1 Å². The summed E-state index contributed by atoms with van der Waals surface area (Å²) in [5.41, 5.74) is 2.36. The van der Waals surface area contributed by atoms with Crippen LogP contribution in [0.5, 0.6) is 5.75 Å². The van der Waals surface area contributed by atoms with E-state index in [2.05, 4.69) is 38.2 Å². The number of methoxy groups -OCH3 is 1. The predicted octanol–water partition coefficient (Wildman–Crippen LogP) is 3.86. The molecule has 0 aliphatic heterocycles. The van der Waals surface area contributed by atoms with E-state index in [4.69, 9.17) is 9.72 Å². The highest BCUT2D eigenvalue weighted by Gasteiger charge is 2.18. The molecule has 3 nitrogen and oxygen atoms in total. The van der Waals surface area contributed by atoms with Crippen LogP contribution in [0, 0.1) is 13.8 Å². The third kappa shape index (κ3) is 3.38. The second-order valence-corrected chi connectivity index (χ2v) is 6.09. The van der Waals surface area contributed by atoms with E-state index >= 15 is 0 Å². The quantitative estimate of drug-likeness (QED) is 0.877. The Kier molecular flexibility index (Phi) is 5.15. The Bertz CT molecular complexity index is 529. The molecule has 1 N–H and O–H groups in total. The fourth-order valence-corrected chi connectivity index (χ4v) is 3.08. The smallest absolute Gasteiger partial charge is 0.118 e. The lowest BCUT2D eigenvalue weighted by atomic mass is 10.1. The van der Waals surface area contributed by atoms with Crippen LogP contribution in [-0.4, -0.2) is 18.6 Å². The van der Waals surface area contributed by atoms with Crippen LogP contribution >= 0.6 is 11.3 Å². The van der Waals surface area contributed by atoms with Crippen molar-refractivity contribution in [3.05, 3.63) is 45.4 Å². The van der Waals surface area contributed by atoms with Crippen molar-refractivity contribution in [2.45, 2.75) is 33.2 Å². The molecule has 1 heterocycles. The maximum absolute atomic E-state index is 5.23. The third-order valence-electron chi connectivity index (χ3n) is 3.34. The Morgan fingerprint density at radius 2 is 1.95 bits per heavy atom. The van der Waals surface area contributed by atoms with Gasteiger partial charge in [-0.05, 0) is 44.5 Å². The van der Waals surface area contributed by atoms with E-state index in [-0.39, 0.29) is 6.04 Å². The number of aromatic nitrogens is 1. The SMILES string of the molecule is CCCNC(c1ccc(OC)cc1)c1nc(C)c(C)s1. The summed E-state index contributed by atoms with van der Waals surface area (Å²) < 4.78 is 5.23. The first-order chi connectivity index (χ1) is 9.65. The van der Waals surface area contributed by atoms with Crippen molar-refractivity contribution in [1.29, 1.82) is 0 Å². The maximum atomic E-state index is 5.23. The number of benzene rings is 1. The van der Waals surface area contributed by atoms with E-state index in [0.717, 1.165) is 29.4 Å². The molecule has 0 fully saturated rings. The van der Waals surface area contributed by atoms with Crippen molar-refractivity contribution < 1.29 is 4.74 Å². The number of ether oxygens (including phenoxy) is 1. The summed E-state index contributed by atoms with van der Waals surface area (Å²) in [6.07, 6.45) is 1.11. The highest BCUT2D eigenvalue weighted by atomic mass is 32.1. The van der Waals surface area contributed by atoms with Gasteiger partial charge in [0.2, 0.25) is 0 Å². The van der Waals surface area contributed by atoms with Crippen LogP contribution in [0.15, 0.2) is 24.3 Å². The molecule has 0 amide bonds. The monoisotopic (exact) mass is 290 g/mol. The average Bonchev–Trinajstić information content (AvgIpc) is 2.79. The van der Waals surface area contributed by atoms with Crippen molar-refractivity contribution in [1.82, 2.24) is 10.3 Å². The molecule has 108 valence electrons. The molecular formula is C16H22N2OS. The topological polar surface area (TPSA) is 34.1 Å². The fraction of sp³-hybridized carbons (Fsp3) is 0.438. The van der Waals surface area contributed by atoms with Gasteiger partial charge in [-0.3, -0.25) is 0 Å². The average molecular weight is 290 g/mol. The van der Waals surface area contributed by atoms with Gasteiger partial charge in [0, 0.05) is 4.88 Å². The zero-order chi connectivity index (χ0) is 14.5. The molecule has 1 aromatic carbocycles. The molecule has 0 radical (unpaired) electrons. The van der Waals surface area contributed by atoms with Gasteiger partial charge in [0.25, 0.3) is 0 Å². The van der Waals surface area contributed by atoms with Gasteiger partial charge in [0.15, 0.2) is 0 Å². The molecule has 0 aliphatic rings. The van der Waals surface area contributed by atoms with E-state index in [9.17, 15) is 0 Å². The molecule has 1 atom stereocenters. The number of hydrogen-bond acceptors (Lipinski definition) is 4. The largest absolute Gasteiger partial charge is 0.497 e. The van der Waals surface area contributed by atoms with E-state index in [0.29, 0.717) is 0 Å². The Balaban J connectivity index is 2.30. The van der Waals surface area contributed by atoms with Crippen LogP contribution in [0.1, 0.15) is 40.5 Å². The lowest BCUT2D eigenvalue weighted by Gasteiger charge is -2.17. The third-order valence-corrected chi connectivity index (χ3v) is 4.48. The van der Waals surface area contributed by atoms with Crippen LogP contribution in [0.4, 0.5) is 0 Å². The second-order valence-electron chi connectivity index (χ2n) is 4.85. The lowest BCUT2D eigenvalue weighted by Crippen LogP contribution is -2.23. The van der Waals surface area contributed by atoms with E-state index in [1.165, 1.54) is 10.4 Å². The summed E-state index contributed by atoms with van der Waals surface area (Å²) in [6, 6.07) is 8.39. The van der Waals surface area contributed by atoms with Crippen LogP contribution in [0.2, 0.25) is 0 Å². The molecule has 20 heavy (non-hydrogen) atoms. The minimum absolute atomic E-state index is 0.165. The van der Waals surface area contributed by atoms with Crippen molar-refractivity contribution in [3.63, 3.8) is 0 Å². The van der Waals surface area contributed by atoms with E-state index < -0.39 is 0 Å². The van der Waals surface area contributed by atoms with Crippen LogP contribution in [-0.2, 0) is 0 Å². The summed E-state index contributed by atoms with van der Waals surface area (Å²) in [5.74, 6) is 0.884. The summed E-state index contributed by atoms with van der Waals surface area (Å²) in [7, 11) is 1.69. The van der Waals surface area contributed by atoms with E-state index in [1.807, 2.05) is 12.1 Å². The molecule has 2 aromatic rings. The van der Waals surface area contributed by atoms with Crippen LogP contribution in [0.3, 0.4) is 0 Å². The molecule has 2 rings (SSSR count). The van der Waals surface area contributed by atoms with Crippen molar-refractivity contribution in [3.8, 4) is 5.75 Å². The predicted molar refractivity (Wildman–Crippen MR) is 84.7 cm³/mol. The first kappa shape index (κ1) is 15.0. The van der Waals surface area contributed by atoms with Gasteiger partial charge >= 0.3 is 0 Å². The molecule has 4 heteroatoms. The lowest BCUT2D eigenvalue weighted by molar-refractivity contribution is 0.414. The molecule has 0 spiro atoms. The number of nitrogens with one attached hydrogen (secondary N) is 1. The minimum atomic E-state index is 0.165. The Morgan fingerprint density at radius 3 is 2.45 bits per heavy atom. The normalized spacial score (nSPS) is 12.4. The summed E-state index contributed by atoms with van der Waals surface area (Å²) >= 11 is 1.77. The Morgan fingerprint density at radius 1 is 1.25 bits per heavy atom. The molecule has 0 bridgehead atoms. The second kappa shape index (κ2) is 6.86. The molecule has 1 unspecified atom stereocenters. The van der Waals surface area contributed by atoms with Crippen molar-refractivity contribution in [2.24, 2.45) is 0 Å². The van der Waals surface area contributed by atoms with Gasteiger partial charge in [-0.2, -0.15) is 0 Å². The number of thiazole rings is 1. The summed E-state index contributed by atoms with van der Waals surface area (Å²) in [5, 5.41) is 4.72. The minimum Gasteiger partial charge on any atom is -0.497 e. The van der Waals surface area contributed by atoms with Crippen molar-refractivity contribution in [2.75, 3.05) is 13.7 Å². The number of hydrogen-bond donors (Lipinski definition) is 1. The first-order valence-electron chi connectivity index (χ1n) is 6.97. The number of aryl methyl sites for hydroxylation is 2. The van der Waals surface area contributed by atoms with Gasteiger partial charge in [-0.25, -0.2) is 4.98 Å². The number of rotatable bonds is 6. The standard InChI is InChI=1S/C16H22N2OS/c1-5-10-17-15(16-18-11(2)12(3)20-16)13-6-8-14(19-4)9-7-13/h6-9,15,17H,5,10H2,1-4H3. The van der Waals surface area contributed by atoms with Gasteiger partial charge in [0.05, 0.1) is 18.8 Å². The molecule has 1 aromatic heterocycles. The molecule has 0 saturated carbocycles. The molecular weight excluding hydrogens is 268 g/mol.